The zero-order valence-corrected chi connectivity index (χ0v) is 8.95. The Morgan fingerprint density at radius 1 is 1.33 bits per heavy atom. The van der Waals surface area contributed by atoms with Crippen LogP contribution in [-0.4, -0.2) is 24.5 Å². The Hall–Kier alpha value is -1.09. The minimum absolute atomic E-state index is 0.104. The Morgan fingerprint density at radius 3 is 2.53 bits per heavy atom. The predicted octanol–water partition coefficient (Wildman–Crippen LogP) is 2.35. The van der Waals surface area contributed by atoms with E-state index in [9.17, 15) is 4.39 Å². The molecule has 15 heavy (non-hydrogen) atoms. The third-order valence-corrected chi connectivity index (χ3v) is 2.12. The van der Waals surface area contributed by atoms with Crippen molar-refractivity contribution in [3.05, 3.63) is 29.8 Å². The average Bonchev–Trinajstić information content (AvgIpc) is 2.25. The maximum atomic E-state index is 11.8. The van der Waals surface area contributed by atoms with Crippen molar-refractivity contribution in [2.75, 3.05) is 13.3 Å². The Labute approximate surface area is 89.7 Å². The van der Waals surface area contributed by atoms with E-state index in [1.807, 2.05) is 24.3 Å². The number of aliphatic hydroxyl groups is 1. The van der Waals surface area contributed by atoms with E-state index in [1.165, 1.54) is 0 Å². The molecule has 0 aliphatic heterocycles. The van der Waals surface area contributed by atoms with Crippen LogP contribution >= 0.6 is 0 Å². The highest BCUT2D eigenvalue weighted by molar-refractivity contribution is 5.27. The van der Waals surface area contributed by atoms with Crippen molar-refractivity contribution in [1.29, 1.82) is 0 Å². The molecule has 1 N–H and O–H groups in total. The van der Waals surface area contributed by atoms with Gasteiger partial charge in [-0.3, -0.25) is 0 Å². The van der Waals surface area contributed by atoms with Gasteiger partial charge in [0.05, 0.1) is 6.10 Å². The highest BCUT2D eigenvalue weighted by Gasteiger charge is 1.98. The number of aryl methyl sites for hydroxylation is 1. The van der Waals surface area contributed by atoms with Gasteiger partial charge in [-0.05, 0) is 37.5 Å². The Kier molecular flexibility index (Phi) is 5.12. The van der Waals surface area contributed by atoms with Crippen LogP contribution < -0.4 is 4.74 Å². The molecule has 3 heteroatoms. The zero-order chi connectivity index (χ0) is 11.1. The Balaban J connectivity index is 2.41. The van der Waals surface area contributed by atoms with E-state index >= 15 is 0 Å². The van der Waals surface area contributed by atoms with Crippen molar-refractivity contribution in [2.45, 2.75) is 25.9 Å². The summed E-state index contributed by atoms with van der Waals surface area (Å²) in [4.78, 5) is 0. The first-order chi connectivity index (χ1) is 7.22. The topological polar surface area (TPSA) is 29.5 Å². The Bertz CT molecular complexity index is 269. The molecular formula is C12H17FO2. The smallest absolute Gasteiger partial charge is 0.123 e. The number of hydrogen-bond acceptors (Lipinski definition) is 2. The maximum absolute atomic E-state index is 11.8. The van der Waals surface area contributed by atoms with E-state index in [1.54, 1.807) is 6.92 Å². The van der Waals surface area contributed by atoms with Gasteiger partial charge in [0, 0.05) is 0 Å². The van der Waals surface area contributed by atoms with E-state index in [2.05, 4.69) is 0 Å². The van der Waals surface area contributed by atoms with Gasteiger partial charge in [-0.1, -0.05) is 12.1 Å². The van der Waals surface area contributed by atoms with Crippen molar-refractivity contribution in [1.82, 2.24) is 0 Å². The van der Waals surface area contributed by atoms with Crippen molar-refractivity contribution < 1.29 is 14.2 Å². The molecule has 1 aromatic rings. The van der Waals surface area contributed by atoms with Crippen molar-refractivity contribution in [3.63, 3.8) is 0 Å². The SMILES string of the molecule is CC(O)CCc1ccc(OCCF)cc1. The minimum Gasteiger partial charge on any atom is -0.491 e. The molecule has 0 fully saturated rings. The monoisotopic (exact) mass is 212 g/mol. The highest BCUT2D eigenvalue weighted by atomic mass is 19.1. The van der Waals surface area contributed by atoms with Gasteiger partial charge in [-0.2, -0.15) is 0 Å². The summed E-state index contributed by atoms with van der Waals surface area (Å²) in [7, 11) is 0. The van der Waals surface area contributed by atoms with Gasteiger partial charge in [0.15, 0.2) is 0 Å². The van der Waals surface area contributed by atoms with Crippen LogP contribution in [0.3, 0.4) is 0 Å². The van der Waals surface area contributed by atoms with Crippen LogP contribution in [0.2, 0.25) is 0 Å². The highest BCUT2D eigenvalue weighted by Crippen LogP contribution is 2.13. The lowest BCUT2D eigenvalue weighted by Crippen LogP contribution is -2.01. The van der Waals surface area contributed by atoms with Crippen LogP contribution in [0.25, 0.3) is 0 Å². The third kappa shape index (κ3) is 4.79. The summed E-state index contributed by atoms with van der Waals surface area (Å²) < 4.78 is 16.9. The lowest BCUT2D eigenvalue weighted by Gasteiger charge is -2.06. The molecule has 84 valence electrons. The summed E-state index contributed by atoms with van der Waals surface area (Å²) in [5, 5.41) is 9.12. The molecule has 0 aliphatic carbocycles. The van der Waals surface area contributed by atoms with Gasteiger partial charge in [0.2, 0.25) is 0 Å². The van der Waals surface area contributed by atoms with E-state index in [4.69, 9.17) is 9.84 Å². The first-order valence-electron chi connectivity index (χ1n) is 5.18. The number of rotatable bonds is 6. The third-order valence-electron chi connectivity index (χ3n) is 2.12. The second-order valence-corrected chi connectivity index (χ2v) is 3.57. The number of alkyl halides is 1. The summed E-state index contributed by atoms with van der Waals surface area (Å²) in [6, 6.07) is 7.53. The maximum Gasteiger partial charge on any atom is 0.123 e. The van der Waals surface area contributed by atoms with Crippen LogP contribution in [-0.2, 0) is 6.42 Å². The molecule has 2 nitrogen and oxygen atoms in total. The molecule has 1 rings (SSSR count). The summed E-state index contributed by atoms with van der Waals surface area (Å²) >= 11 is 0. The fourth-order valence-electron chi connectivity index (χ4n) is 1.28. The van der Waals surface area contributed by atoms with Gasteiger partial charge in [-0.25, -0.2) is 4.39 Å². The van der Waals surface area contributed by atoms with E-state index in [0.717, 1.165) is 18.4 Å². The molecule has 0 aliphatic rings. The molecule has 0 aromatic heterocycles. The Morgan fingerprint density at radius 2 is 2.00 bits per heavy atom. The number of ether oxygens (including phenoxy) is 1. The lowest BCUT2D eigenvalue weighted by atomic mass is 10.1. The molecule has 0 amide bonds. The van der Waals surface area contributed by atoms with Gasteiger partial charge >= 0.3 is 0 Å². The fraction of sp³-hybridized carbons (Fsp3) is 0.500. The van der Waals surface area contributed by atoms with Crippen LogP contribution in [0.5, 0.6) is 5.75 Å². The second-order valence-electron chi connectivity index (χ2n) is 3.57. The molecule has 0 heterocycles. The number of benzene rings is 1. The van der Waals surface area contributed by atoms with E-state index < -0.39 is 6.67 Å². The predicted molar refractivity (Wildman–Crippen MR) is 57.9 cm³/mol. The van der Waals surface area contributed by atoms with E-state index in [0.29, 0.717) is 5.75 Å². The number of halogens is 1. The molecule has 0 saturated carbocycles. The summed E-state index contributed by atoms with van der Waals surface area (Å²) in [5.74, 6) is 0.688. The summed E-state index contributed by atoms with van der Waals surface area (Å²) in [6.07, 6.45) is 1.33. The van der Waals surface area contributed by atoms with Gasteiger partial charge in [0.25, 0.3) is 0 Å². The fourth-order valence-corrected chi connectivity index (χ4v) is 1.28. The van der Waals surface area contributed by atoms with Gasteiger partial charge < -0.3 is 9.84 Å². The van der Waals surface area contributed by atoms with Crippen molar-refractivity contribution in [2.24, 2.45) is 0 Å². The van der Waals surface area contributed by atoms with Crippen LogP contribution in [0, 0.1) is 0 Å². The summed E-state index contributed by atoms with van der Waals surface area (Å²) in [5.41, 5.74) is 1.16. The largest absolute Gasteiger partial charge is 0.491 e. The molecule has 1 aromatic carbocycles. The number of aliphatic hydroxyl groups excluding tert-OH is 1. The molecule has 1 atom stereocenters. The van der Waals surface area contributed by atoms with Crippen LogP contribution in [0.1, 0.15) is 18.9 Å². The molecular weight excluding hydrogens is 195 g/mol. The van der Waals surface area contributed by atoms with Crippen LogP contribution in [0.4, 0.5) is 4.39 Å². The van der Waals surface area contributed by atoms with E-state index in [-0.39, 0.29) is 12.7 Å². The second kappa shape index (κ2) is 6.40. The van der Waals surface area contributed by atoms with Gasteiger partial charge in [-0.15, -0.1) is 0 Å². The normalized spacial score (nSPS) is 12.5. The van der Waals surface area contributed by atoms with Crippen LogP contribution in [0.15, 0.2) is 24.3 Å². The molecule has 0 bridgehead atoms. The molecule has 1 unspecified atom stereocenters. The number of hydrogen-bond donors (Lipinski definition) is 1. The first-order valence-corrected chi connectivity index (χ1v) is 5.18. The van der Waals surface area contributed by atoms with Gasteiger partial charge in [0.1, 0.15) is 19.0 Å². The average molecular weight is 212 g/mol. The minimum atomic E-state index is -0.468. The zero-order valence-electron chi connectivity index (χ0n) is 8.95. The van der Waals surface area contributed by atoms with Crippen molar-refractivity contribution >= 4 is 0 Å². The standard InChI is InChI=1S/C12H17FO2/c1-10(14)2-3-11-4-6-12(7-5-11)15-9-8-13/h4-7,10,14H,2-3,8-9H2,1H3. The first kappa shape index (κ1) is 12.0. The van der Waals surface area contributed by atoms with Crippen molar-refractivity contribution in [3.8, 4) is 5.75 Å². The lowest BCUT2D eigenvalue weighted by molar-refractivity contribution is 0.185. The molecule has 0 radical (unpaired) electrons. The molecule has 0 saturated heterocycles. The summed E-state index contributed by atoms with van der Waals surface area (Å²) in [6.45, 7) is 1.41. The quantitative estimate of drug-likeness (QED) is 0.784. The molecule has 0 spiro atoms.